The van der Waals surface area contributed by atoms with Crippen LogP contribution in [0.1, 0.15) is 53.3 Å². The summed E-state index contributed by atoms with van der Waals surface area (Å²) in [7, 11) is 0. The molecule has 1 aliphatic rings. The lowest BCUT2D eigenvalue weighted by molar-refractivity contribution is 0.0524. The second kappa shape index (κ2) is 7.47. The van der Waals surface area contributed by atoms with Gasteiger partial charge in [0.1, 0.15) is 28.6 Å². The van der Waals surface area contributed by atoms with Crippen molar-refractivity contribution in [3.05, 3.63) is 75.5 Å². The van der Waals surface area contributed by atoms with Gasteiger partial charge in [-0.1, -0.05) is 30.3 Å². The van der Waals surface area contributed by atoms with Gasteiger partial charge in [-0.25, -0.2) is 14.2 Å². The van der Waals surface area contributed by atoms with Gasteiger partial charge in [-0.15, -0.1) is 0 Å². The molecule has 0 amide bonds. The average molecular weight is 391 g/mol. The maximum absolute atomic E-state index is 15.0. The fourth-order valence-electron chi connectivity index (χ4n) is 3.39. The van der Waals surface area contributed by atoms with E-state index in [-0.39, 0.29) is 34.9 Å². The molecule has 0 saturated heterocycles. The Morgan fingerprint density at radius 1 is 1.38 bits per heavy atom. The number of halogens is 1. The van der Waals surface area contributed by atoms with Crippen LogP contribution in [0.2, 0.25) is 0 Å². The van der Waals surface area contributed by atoms with Crippen LogP contribution in [0.15, 0.2) is 47.4 Å². The lowest BCUT2D eigenvalue weighted by Gasteiger charge is -2.15. The highest BCUT2D eigenvalue weighted by Gasteiger charge is 2.29. The van der Waals surface area contributed by atoms with Crippen molar-refractivity contribution in [1.29, 1.82) is 5.26 Å². The molecule has 0 aliphatic heterocycles. The number of pyridine rings is 2. The first kappa shape index (κ1) is 18.8. The number of carbonyl (C=O) groups is 1. The number of nitrogens with zero attached hydrogens (tertiary/aromatic N) is 3. The van der Waals surface area contributed by atoms with Gasteiger partial charge in [-0.05, 0) is 31.4 Å². The molecule has 7 heteroatoms. The summed E-state index contributed by atoms with van der Waals surface area (Å²) in [6, 6.07) is 12.1. The van der Waals surface area contributed by atoms with Gasteiger partial charge in [0.2, 0.25) is 5.43 Å². The van der Waals surface area contributed by atoms with Crippen molar-refractivity contribution >= 4 is 17.0 Å². The number of hydrogen-bond acceptors (Lipinski definition) is 5. The standard InChI is InChI=1S/C22H18FN3O3/c1-2-29-22(28)17-12-26(14-8-9-14)21-15(20(17)27)10-18(23)19(25-21)16(11-24)13-6-4-3-5-7-13/h3-7,10,12,14,16H,2,8-9H2,1H3. The van der Waals surface area contributed by atoms with Crippen molar-refractivity contribution in [3.63, 3.8) is 0 Å². The fourth-order valence-corrected chi connectivity index (χ4v) is 3.39. The van der Waals surface area contributed by atoms with E-state index in [1.165, 1.54) is 6.20 Å². The van der Waals surface area contributed by atoms with Crippen LogP contribution < -0.4 is 5.43 Å². The SMILES string of the molecule is CCOC(=O)c1cn(C2CC2)c2nc(C(C#N)c3ccccc3)c(F)cc2c1=O. The summed E-state index contributed by atoms with van der Waals surface area (Å²) in [6.45, 7) is 1.78. The minimum Gasteiger partial charge on any atom is -0.462 e. The highest BCUT2D eigenvalue weighted by molar-refractivity contribution is 5.93. The normalized spacial score (nSPS) is 14.4. The summed E-state index contributed by atoms with van der Waals surface area (Å²) in [5, 5.41) is 9.67. The zero-order valence-corrected chi connectivity index (χ0v) is 15.8. The number of esters is 1. The summed E-state index contributed by atoms with van der Waals surface area (Å²) >= 11 is 0. The third-order valence-corrected chi connectivity index (χ3v) is 4.96. The largest absolute Gasteiger partial charge is 0.462 e. The highest BCUT2D eigenvalue weighted by atomic mass is 19.1. The third-order valence-electron chi connectivity index (χ3n) is 4.96. The van der Waals surface area contributed by atoms with E-state index >= 15 is 0 Å². The van der Waals surface area contributed by atoms with Gasteiger partial charge < -0.3 is 9.30 Å². The molecule has 6 nitrogen and oxygen atoms in total. The molecule has 4 rings (SSSR count). The first-order chi connectivity index (χ1) is 14.0. The van der Waals surface area contributed by atoms with E-state index < -0.39 is 23.1 Å². The predicted octanol–water partition coefficient (Wildman–Crippen LogP) is 3.70. The molecule has 1 aliphatic carbocycles. The Morgan fingerprint density at radius 3 is 2.72 bits per heavy atom. The van der Waals surface area contributed by atoms with E-state index in [1.807, 2.05) is 6.07 Å². The van der Waals surface area contributed by atoms with Crippen molar-refractivity contribution < 1.29 is 13.9 Å². The third kappa shape index (κ3) is 3.38. The molecule has 2 aromatic heterocycles. The molecule has 2 heterocycles. The summed E-state index contributed by atoms with van der Waals surface area (Å²) in [5.41, 5.74) is 0.0906. The van der Waals surface area contributed by atoms with Crippen LogP contribution in [0.5, 0.6) is 0 Å². The van der Waals surface area contributed by atoms with Gasteiger partial charge in [-0.2, -0.15) is 5.26 Å². The first-order valence-electron chi connectivity index (χ1n) is 9.42. The summed E-state index contributed by atoms with van der Waals surface area (Å²) in [5.74, 6) is -2.40. The number of nitriles is 1. The molecule has 3 aromatic rings. The molecule has 0 bridgehead atoms. The molecule has 1 aromatic carbocycles. The van der Waals surface area contributed by atoms with Crippen LogP contribution in [-0.2, 0) is 4.74 Å². The zero-order valence-electron chi connectivity index (χ0n) is 15.8. The Morgan fingerprint density at radius 2 is 2.10 bits per heavy atom. The summed E-state index contributed by atoms with van der Waals surface area (Å²) in [4.78, 5) is 29.4. The Balaban J connectivity index is 1.95. The smallest absolute Gasteiger partial charge is 0.343 e. The zero-order chi connectivity index (χ0) is 20.5. The Kier molecular flexibility index (Phi) is 4.85. The van der Waals surface area contributed by atoms with Crippen LogP contribution in [0.3, 0.4) is 0 Å². The fraction of sp³-hybridized carbons (Fsp3) is 0.273. The van der Waals surface area contributed by atoms with Gasteiger partial charge in [0.05, 0.1) is 18.1 Å². The highest BCUT2D eigenvalue weighted by Crippen LogP contribution is 2.37. The lowest BCUT2D eigenvalue weighted by atomic mass is 9.96. The lowest BCUT2D eigenvalue weighted by Crippen LogP contribution is -2.22. The topological polar surface area (TPSA) is 85.0 Å². The van der Waals surface area contributed by atoms with Crippen LogP contribution in [-0.4, -0.2) is 22.1 Å². The molecule has 0 N–H and O–H groups in total. The van der Waals surface area contributed by atoms with Gasteiger partial charge in [0.15, 0.2) is 0 Å². The van der Waals surface area contributed by atoms with Crippen molar-refractivity contribution in [3.8, 4) is 6.07 Å². The van der Waals surface area contributed by atoms with E-state index in [9.17, 15) is 19.2 Å². The summed E-state index contributed by atoms with van der Waals surface area (Å²) < 4.78 is 21.7. The summed E-state index contributed by atoms with van der Waals surface area (Å²) in [6.07, 6.45) is 3.18. The number of benzene rings is 1. The van der Waals surface area contributed by atoms with E-state index in [4.69, 9.17) is 4.74 Å². The Hall–Kier alpha value is -3.53. The minimum absolute atomic E-state index is 0.00783. The number of hydrogen-bond donors (Lipinski definition) is 0. The first-order valence-corrected chi connectivity index (χ1v) is 9.42. The van der Waals surface area contributed by atoms with Crippen LogP contribution in [0.4, 0.5) is 4.39 Å². The number of rotatable bonds is 5. The molecule has 0 spiro atoms. The van der Waals surface area contributed by atoms with E-state index in [2.05, 4.69) is 11.1 Å². The monoisotopic (exact) mass is 391 g/mol. The maximum Gasteiger partial charge on any atom is 0.343 e. The van der Waals surface area contributed by atoms with Crippen molar-refractivity contribution in [2.24, 2.45) is 0 Å². The van der Waals surface area contributed by atoms with Crippen LogP contribution in [0, 0.1) is 17.1 Å². The molecule has 29 heavy (non-hydrogen) atoms. The Bertz CT molecular complexity index is 1190. The van der Waals surface area contributed by atoms with Gasteiger partial charge in [0.25, 0.3) is 0 Å². The maximum atomic E-state index is 15.0. The Labute approximate surface area is 166 Å². The quantitative estimate of drug-likeness (QED) is 0.619. The van der Waals surface area contributed by atoms with Gasteiger partial charge in [0, 0.05) is 12.2 Å². The van der Waals surface area contributed by atoms with Crippen LogP contribution in [0.25, 0.3) is 11.0 Å². The molecular weight excluding hydrogens is 373 g/mol. The van der Waals surface area contributed by atoms with Crippen molar-refractivity contribution in [2.45, 2.75) is 31.7 Å². The minimum atomic E-state index is -0.909. The van der Waals surface area contributed by atoms with Crippen molar-refractivity contribution in [1.82, 2.24) is 9.55 Å². The molecule has 0 radical (unpaired) electrons. The van der Waals surface area contributed by atoms with Gasteiger partial charge >= 0.3 is 5.97 Å². The number of carbonyl (C=O) groups excluding carboxylic acids is 1. The second-order valence-corrected chi connectivity index (χ2v) is 6.93. The van der Waals surface area contributed by atoms with E-state index in [1.54, 1.807) is 35.8 Å². The number of ether oxygens (including phenoxy) is 1. The molecule has 1 unspecified atom stereocenters. The number of fused-ring (bicyclic) bond motifs is 1. The average Bonchev–Trinajstić information content (AvgIpc) is 3.56. The number of aromatic nitrogens is 2. The van der Waals surface area contributed by atoms with Gasteiger partial charge in [-0.3, -0.25) is 4.79 Å². The second-order valence-electron chi connectivity index (χ2n) is 6.93. The molecule has 146 valence electrons. The van der Waals surface area contributed by atoms with E-state index in [0.717, 1.165) is 18.9 Å². The van der Waals surface area contributed by atoms with E-state index in [0.29, 0.717) is 5.56 Å². The predicted molar refractivity (Wildman–Crippen MR) is 104 cm³/mol. The molecule has 1 saturated carbocycles. The molecular formula is C22H18FN3O3. The van der Waals surface area contributed by atoms with Crippen molar-refractivity contribution in [2.75, 3.05) is 6.61 Å². The van der Waals surface area contributed by atoms with Crippen LogP contribution >= 0.6 is 0 Å². The molecule has 1 fully saturated rings. The molecule has 1 atom stereocenters.